The number of aryl methyl sites for hydroxylation is 1. The van der Waals surface area contributed by atoms with Gasteiger partial charge >= 0.3 is 0 Å². The van der Waals surface area contributed by atoms with Crippen molar-refractivity contribution in [2.75, 3.05) is 30.9 Å². The predicted molar refractivity (Wildman–Crippen MR) is 63.8 cm³/mol. The van der Waals surface area contributed by atoms with E-state index in [1.165, 1.54) is 0 Å². The normalized spacial score (nSPS) is 24.4. The number of hydrogen-bond acceptors (Lipinski definition) is 5. The van der Waals surface area contributed by atoms with Crippen LogP contribution in [0.1, 0.15) is 18.9 Å². The third kappa shape index (κ3) is 2.24. The molecule has 2 N–H and O–H groups in total. The molecule has 1 fully saturated rings. The molecule has 0 aliphatic carbocycles. The zero-order valence-corrected chi connectivity index (χ0v) is 10.0. The molecule has 88 valence electrons. The average molecular weight is 222 g/mol. The van der Waals surface area contributed by atoms with Crippen molar-refractivity contribution in [2.45, 2.75) is 25.8 Å². The summed E-state index contributed by atoms with van der Waals surface area (Å²) in [7, 11) is 1.81. The number of anilines is 2. The van der Waals surface area contributed by atoms with E-state index in [2.05, 4.69) is 27.5 Å². The van der Waals surface area contributed by atoms with Crippen molar-refractivity contribution in [3.05, 3.63) is 11.8 Å². The zero-order chi connectivity index (χ0) is 11.6. The van der Waals surface area contributed by atoms with Crippen molar-refractivity contribution in [2.24, 2.45) is 0 Å². The summed E-state index contributed by atoms with van der Waals surface area (Å²) in [6, 6.07) is 0. The van der Waals surface area contributed by atoms with Gasteiger partial charge in [-0.15, -0.1) is 0 Å². The summed E-state index contributed by atoms with van der Waals surface area (Å²) in [4.78, 5) is 8.57. The monoisotopic (exact) mass is 222 g/mol. The fourth-order valence-corrected chi connectivity index (χ4v) is 1.74. The van der Waals surface area contributed by atoms with Crippen molar-refractivity contribution in [1.82, 2.24) is 9.97 Å². The molecule has 1 aliphatic heterocycles. The standard InChI is InChI=1S/C11H18N4O/c1-8-6-13-10(12-3)14-9(8)15-11(2)4-5-16-7-11/h6H,4-5,7H2,1-3H3,(H2,12,13,14,15). The molecule has 0 saturated carbocycles. The molecule has 2 heterocycles. The van der Waals surface area contributed by atoms with E-state index in [4.69, 9.17) is 4.74 Å². The summed E-state index contributed by atoms with van der Waals surface area (Å²) in [6.45, 7) is 5.69. The minimum Gasteiger partial charge on any atom is -0.379 e. The van der Waals surface area contributed by atoms with E-state index < -0.39 is 0 Å². The maximum Gasteiger partial charge on any atom is 0.224 e. The number of hydrogen-bond donors (Lipinski definition) is 2. The second-order valence-electron chi connectivity index (χ2n) is 4.46. The maximum atomic E-state index is 5.41. The Hall–Kier alpha value is -1.36. The SMILES string of the molecule is CNc1ncc(C)c(NC2(C)CCOC2)n1. The van der Waals surface area contributed by atoms with E-state index in [-0.39, 0.29) is 5.54 Å². The highest BCUT2D eigenvalue weighted by molar-refractivity contribution is 5.48. The molecule has 0 aromatic carbocycles. The topological polar surface area (TPSA) is 59.1 Å². The molecule has 16 heavy (non-hydrogen) atoms. The molecule has 0 spiro atoms. The van der Waals surface area contributed by atoms with Crippen LogP contribution < -0.4 is 10.6 Å². The molecular formula is C11H18N4O. The van der Waals surface area contributed by atoms with Crippen molar-refractivity contribution in [3.63, 3.8) is 0 Å². The first kappa shape index (κ1) is 11.1. The second kappa shape index (κ2) is 4.25. The number of rotatable bonds is 3. The molecule has 1 saturated heterocycles. The van der Waals surface area contributed by atoms with E-state index in [0.29, 0.717) is 5.95 Å². The van der Waals surface area contributed by atoms with Crippen LogP contribution in [0.15, 0.2) is 6.20 Å². The van der Waals surface area contributed by atoms with Gasteiger partial charge < -0.3 is 15.4 Å². The van der Waals surface area contributed by atoms with Crippen LogP contribution in [-0.2, 0) is 4.74 Å². The summed E-state index contributed by atoms with van der Waals surface area (Å²) in [6.07, 6.45) is 2.83. The minimum absolute atomic E-state index is 0.00980. The van der Waals surface area contributed by atoms with E-state index >= 15 is 0 Å². The van der Waals surface area contributed by atoms with Crippen LogP contribution >= 0.6 is 0 Å². The van der Waals surface area contributed by atoms with Crippen LogP contribution in [0.3, 0.4) is 0 Å². The molecule has 0 radical (unpaired) electrons. The lowest BCUT2D eigenvalue weighted by molar-refractivity contribution is 0.185. The molecule has 2 rings (SSSR count). The van der Waals surface area contributed by atoms with Gasteiger partial charge in [-0.25, -0.2) is 4.98 Å². The highest BCUT2D eigenvalue weighted by Crippen LogP contribution is 2.24. The predicted octanol–water partition coefficient (Wildman–Crippen LogP) is 1.42. The Labute approximate surface area is 95.6 Å². The van der Waals surface area contributed by atoms with Crippen molar-refractivity contribution >= 4 is 11.8 Å². The third-order valence-corrected chi connectivity index (χ3v) is 2.83. The largest absolute Gasteiger partial charge is 0.379 e. The Morgan fingerprint density at radius 1 is 1.50 bits per heavy atom. The molecule has 1 aliphatic rings. The first-order valence-corrected chi connectivity index (χ1v) is 5.50. The lowest BCUT2D eigenvalue weighted by Gasteiger charge is -2.25. The lowest BCUT2D eigenvalue weighted by Crippen LogP contribution is -2.35. The summed E-state index contributed by atoms with van der Waals surface area (Å²) in [5, 5.41) is 6.38. The molecule has 5 nitrogen and oxygen atoms in total. The first-order chi connectivity index (χ1) is 7.63. The second-order valence-corrected chi connectivity index (χ2v) is 4.46. The number of nitrogens with zero attached hydrogens (tertiary/aromatic N) is 2. The van der Waals surface area contributed by atoms with Gasteiger partial charge in [0.2, 0.25) is 5.95 Å². The lowest BCUT2D eigenvalue weighted by atomic mass is 10.0. The van der Waals surface area contributed by atoms with Crippen LogP contribution in [0.5, 0.6) is 0 Å². The minimum atomic E-state index is -0.00980. The van der Waals surface area contributed by atoms with Gasteiger partial charge in [-0.05, 0) is 20.3 Å². The number of aromatic nitrogens is 2. The van der Waals surface area contributed by atoms with E-state index in [0.717, 1.165) is 31.0 Å². The fraction of sp³-hybridized carbons (Fsp3) is 0.636. The summed E-state index contributed by atoms with van der Waals surface area (Å²) in [5.41, 5.74) is 1.04. The van der Waals surface area contributed by atoms with Gasteiger partial charge in [0.25, 0.3) is 0 Å². The van der Waals surface area contributed by atoms with Crippen LogP contribution in [0, 0.1) is 6.92 Å². The Morgan fingerprint density at radius 3 is 2.94 bits per heavy atom. The Balaban J connectivity index is 2.19. The van der Waals surface area contributed by atoms with Gasteiger partial charge in [0.15, 0.2) is 0 Å². The van der Waals surface area contributed by atoms with E-state index in [9.17, 15) is 0 Å². The summed E-state index contributed by atoms with van der Waals surface area (Å²) >= 11 is 0. The Morgan fingerprint density at radius 2 is 2.31 bits per heavy atom. The smallest absolute Gasteiger partial charge is 0.224 e. The molecule has 0 bridgehead atoms. The van der Waals surface area contributed by atoms with Crippen LogP contribution in [0.4, 0.5) is 11.8 Å². The van der Waals surface area contributed by atoms with Gasteiger partial charge in [0.1, 0.15) is 5.82 Å². The molecule has 1 unspecified atom stereocenters. The van der Waals surface area contributed by atoms with Gasteiger partial charge in [0.05, 0.1) is 12.1 Å². The third-order valence-electron chi connectivity index (χ3n) is 2.83. The highest BCUT2D eigenvalue weighted by atomic mass is 16.5. The Bertz CT molecular complexity index is 374. The summed E-state index contributed by atoms with van der Waals surface area (Å²) in [5.74, 6) is 1.52. The first-order valence-electron chi connectivity index (χ1n) is 5.50. The number of nitrogens with one attached hydrogen (secondary N) is 2. The Kier molecular flexibility index (Phi) is 2.96. The van der Waals surface area contributed by atoms with Crippen molar-refractivity contribution in [1.29, 1.82) is 0 Å². The zero-order valence-electron chi connectivity index (χ0n) is 10.0. The van der Waals surface area contributed by atoms with E-state index in [1.54, 1.807) is 0 Å². The van der Waals surface area contributed by atoms with Gasteiger partial charge in [-0.1, -0.05) is 0 Å². The number of ether oxygens (including phenoxy) is 1. The van der Waals surface area contributed by atoms with Crippen molar-refractivity contribution < 1.29 is 4.74 Å². The van der Waals surface area contributed by atoms with Crippen LogP contribution in [0.25, 0.3) is 0 Å². The van der Waals surface area contributed by atoms with Gasteiger partial charge in [-0.3, -0.25) is 0 Å². The molecular weight excluding hydrogens is 204 g/mol. The molecule has 0 amide bonds. The molecule has 1 atom stereocenters. The van der Waals surface area contributed by atoms with Gasteiger partial charge in [0, 0.05) is 25.4 Å². The van der Waals surface area contributed by atoms with Crippen LogP contribution in [0.2, 0.25) is 0 Å². The molecule has 5 heteroatoms. The average Bonchev–Trinajstić information content (AvgIpc) is 2.68. The fourth-order valence-electron chi connectivity index (χ4n) is 1.74. The van der Waals surface area contributed by atoms with Crippen LogP contribution in [-0.4, -0.2) is 35.8 Å². The van der Waals surface area contributed by atoms with E-state index in [1.807, 2.05) is 20.2 Å². The quantitative estimate of drug-likeness (QED) is 0.810. The summed E-state index contributed by atoms with van der Waals surface area (Å²) < 4.78 is 5.41. The molecule has 1 aromatic heterocycles. The maximum absolute atomic E-state index is 5.41. The highest BCUT2D eigenvalue weighted by Gasteiger charge is 2.30. The van der Waals surface area contributed by atoms with Crippen molar-refractivity contribution in [3.8, 4) is 0 Å². The molecule has 1 aromatic rings. The van der Waals surface area contributed by atoms with Gasteiger partial charge in [-0.2, -0.15) is 4.98 Å².